The third kappa shape index (κ3) is 4.14. The number of anilines is 1. The lowest BCUT2D eigenvalue weighted by molar-refractivity contribution is 0.0593. The number of nitrogens with one attached hydrogen (secondary N) is 1. The van der Waals surface area contributed by atoms with Crippen LogP contribution in [-0.2, 0) is 10.0 Å². The molecule has 0 spiro atoms. The molecule has 0 saturated carbocycles. The lowest BCUT2D eigenvalue weighted by atomic mass is 9.99. The summed E-state index contributed by atoms with van der Waals surface area (Å²) in [7, 11) is -3.22. The van der Waals surface area contributed by atoms with Gasteiger partial charge in [-0.2, -0.15) is 0 Å². The van der Waals surface area contributed by atoms with Gasteiger partial charge in [-0.15, -0.1) is 0 Å². The summed E-state index contributed by atoms with van der Waals surface area (Å²) in [5.74, 6) is -0.351. The highest BCUT2D eigenvalue weighted by Gasteiger charge is 2.30. The monoisotopic (exact) mass is 317 g/mol. The number of piperidine rings is 1. The van der Waals surface area contributed by atoms with Gasteiger partial charge in [-0.05, 0) is 36.0 Å². The summed E-state index contributed by atoms with van der Waals surface area (Å²) in [4.78, 5) is 14.1. The summed E-state index contributed by atoms with van der Waals surface area (Å²) in [5, 5.41) is 6.94. The van der Waals surface area contributed by atoms with Crippen LogP contribution in [0.3, 0.4) is 0 Å². The first-order valence-corrected chi connectivity index (χ1v) is 8.61. The molecule has 1 unspecified atom stereocenters. The molecule has 0 radical (unpaired) electrons. The Morgan fingerprint density at radius 1 is 1.48 bits per heavy atom. The highest BCUT2D eigenvalue weighted by atomic mass is 32.2. The average molecular weight is 317 g/mol. The van der Waals surface area contributed by atoms with Gasteiger partial charge in [-0.1, -0.05) is 0 Å². The quantitative estimate of drug-likeness (QED) is 0.754. The molecule has 1 aliphatic heterocycles. The summed E-state index contributed by atoms with van der Waals surface area (Å²) in [6.07, 6.45) is 4.37. The minimum Gasteiger partial charge on any atom is -0.379 e. The maximum absolute atomic E-state index is 12.4. The zero-order valence-corrected chi connectivity index (χ0v) is 12.6. The fourth-order valence-corrected chi connectivity index (χ4v) is 2.95. The van der Waals surface area contributed by atoms with Gasteiger partial charge in [0.25, 0.3) is 5.91 Å². The molecule has 1 aliphatic rings. The predicted molar refractivity (Wildman–Crippen MR) is 74.8 cm³/mol. The second-order valence-electron chi connectivity index (χ2n) is 5.10. The predicted octanol–water partition coefficient (Wildman–Crippen LogP) is -0.414. The Hall–Kier alpha value is -1.68. The Morgan fingerprint density at radius 3 is 2.86 bits per heavy atom. The Bertz CT molecular complexity index is 600. The van der Waals surface area contributed by atoms with Crippen molar-refractivity contribution in [3.63, 3.8) is 0 Å². The molecule has 10 heteroatoms. The van der Waals surface area contributed by atoms with Crippen LogP contribution in [-0.4, -0.2) is 54.9 Å². The van der Waals surface area contributed by atoms with Gasteiger partial charge >= 0.3 is 0 Å². The fourth-order valence-electron chi connectivity index (χ4n) is 2.46. The van der Waals surface area contributed by atoms with Crippen molar-refractivity contribution in [2.24, 2.45) is 0 Å². The highest BCUT2D eigenvalue weighted by Crippen LogP contribution is 2.22. The van der Waals surface area contributed by atoms with Crippen molar-refractivity contribution in [2.75, 3.05) is 25.1 Å². The molecule has 9 nitrogen and oxygen atoms in total. The van der Waals surface area contributed by atoms with Crippen LogP contribution in [0.2, 0.25) is 0 Å². The molecular weight excluding hydrogens is 298 g/mol. The van der Waals surface area contributed by atoms with Crippen molar-refractivity contribution in [1.82, 2.24) is 19.9 Å². The third-order valence-electron chi connectivity index (χ3n) is 3.45. The van der Waals surface area contributed by atoms with Crippen molar-refractivity contribution in [3.05, 3.63) is 5.69 Å². The molecule has 118 valence electrons. The second kappa shape index (κ2) is 6.39. The maximum atomic E-state index is 12.4. The minimum atomic E-state index is -3.22. The summed E-state index contributed by atoms with van der Waals surface area (Å²) >= 11 is 0. The van der Waals surface area contributed by atoms with E-state index < -0.39 is 10.0 Å². The van der Waals surface area contributed by atoms with Gasteiger partial charge in [0.2, 0.25) is 21.5 Å². The van der Waals surface area contributed by atoms with Gasteiger partial charge in [0, 0.05) is 19.1 Å². The molecule has 0 aliphatic carbocycles. The van der Waals surface area contributed by atoms with E-state index in [4.69, 9.17) is 5.73 Å². The van der Waals surface area contributed by atoms with E-state index in [1.165, 1.54) is 0 Å². The molecule has 0 aromatic carbocycles. The van der Waals surface area contributed by atoms with Crippen LogP contribution in [0.5, 0.6) is 0 Å². The number of amides is 1. The lowest BCUT2D eigenvalue weighted by Gasteiger charge is -2.35. The highest BCUT2D eigenvalue weighted by molar-refractivity contribution is 7.88. The number of rotatable bonds is 5. The molecule has 1 saturated heterocycles. The Balaban J connectivity index is 2.02. The van der Waals surface area contributed by atoms with Crippen LogP contribution < -0.4 is 10.5 Å². The van der Waals surface area contributed by atoms with E-state index in [1.54, 1.807) is 4.90 Å². The van der Waals surface area contributed by atoms with E-state index in [2.05, 4.69) is 19.7 Å². The first-order chi connectivity index (χ1) is 9.88. The normalized spacial score (nSPS) is 19.7. The number of sulfonamides is 1. The molecule has 2 heterocycles. The Labute approximate surface area is 122 Å². The van der Waals surface area contributed by atoms with E-state index in [1.807, 2.05) is 0 Å². The topological polar surface area (TPSA) is 131 Å². The molecule has 1 atom stereocenters. The number of nitrogens with two attached hydrogens (primary N) is 1. The van der Waals surface area contributed by atoms with Gasteiger partial charge in [0.15, 0.2) is 0 Å². The molecule has 1 aromatic rings. The van der Waals surface area contributed by atoms with E-state index in [-0.39, 0.29) is 23.5 Å². The van der Waals surface area contributed by atoms with Crippen LogP contribution in [0.1, 0.15) is 36.2 Å². The molecule has 1 amide bonds. The van der Waals surface area contributed by atoms with Crippen LogP contribution in [0.25, 0.3) is 0 Å². The number of hydrogen-bond acceptors (Lipinski definition) is 7. The van der Waals surface area contributed by atoms with Crippen LogP contribution >= 0.6 is 0 Å². The third-order valence-corrected chi connectivity index (χ3v) is 4.17. The van der Waals surface area contributed by atoms with Crippen molar-refractivity contribution in [1.29, 1.82) is 0 Å². The second-order valence-corrected chi connectivity index (χ2v) is 6.93. The molecule has 1 aromatic heterocycles. The summed E-state index contributed by atoms with van der Waals surface area (Å²) in [6.45, 7) is 0.883. The summed E-state index contributed by atoms with van der Waals surface area (Å²) in [5.41, 5.74) is 5.56. The first kappa shape index (κ1) is 15.7. The van der Waals surface area contributed by atoms with Gasteiger partial charge in [0.1, 0.15) is 0 Å². The standard InChI is InChI=1S/C11H19N5O4S/c1-21(18,19)13-6-5-8-4-2-3-7-16(8)11(17)9-10(12)15-20-14-9/h8,13H,2-7H2,1H3,(H2,12,15). The first-order valence-electron chi connectivity index (χ1n) is 6.72. The van der Waals surface area contributed by atoms with Crippen molar-refractivity contribution >= 4 is 21.7 Å². The van der Waals surface area contributed by atoms with Gasteiger partial charge in [0.05, 0.1) is 6.26 Å². The zero-order valence-electron chi connectivity index (χ0n) is 11.8. The van der Waals surface area contributed by atoms with E-state index in [9.17, 15) is 13.2 Å². The minimum absolute atomic E-state index is 0.0120. The van der Waals surface area contributed by atoms with Gasteiger partial charge in [-0.25, -0.2) is 17.8 Å². The number of nitrogen functional groups attached to an aromatic ring is 1. The van der Waals surface area contributed by atoms with Crippen LogP contribution in [0.4, 0.5) is 5.82 Å². The Kier molecular flexibility index (Phi) is 4.78. The number of likely N-dealkylation sites (tertiary alicyclic amines) is 1. The maximum Gasteiger partial charge on any atom is 0.280 e. The fraction of sp³-hybridized carbons (Fsp3) is 0.727. The van der Waals surface area contributed by atoms with E-state index in [0.29, 0.717) is 19.5 Å². The number of carbonyl (C=O) groups is 1. The van der Waals surface area contributed by atoms with Crippen molar-refractivity contribution in [3.8, 4) is 0 Å². The van der Waals surface area contributed by atoms with Crippen LogP contribution in [0, 0.1) is 0 Å². The smallest absolute Gasteiger partial charge is 0.280 e. The van der Waals surface area contributed by atoms with Crippen molar-refractivity contribution < 1.29 is 17.8 Å². The van der Waals surface area contributed by atoms with Gasteiger partial charge < -0.3 is 10.6 Å². The van der Waals surface area contributed by atoms with Crippen LogP contribution in [0.15, 0.2) is 4.63 Å². The largest absolute Gasteiger partial charge is 0.379 e. The SMILES string of the molecule is CS(=O)(=O)NCCC1CCCCN1C(=O)c1nonc1N. The molecular formula is C11H19N5O4S. The number of aromatic nitrogens is 2. The summed E-state index contributed by atoms with van der Waals surface area (Å²) in [6, 6.07) is -0.0448. The molecule has 2 rings (SSSR count). The molecule has 3 N–H and O–H groups in total. The Morgan fingerprint density at radius 2 is 2.24 bits per heavy atom. The molecule has 21 heavy (non-hydrogen) atoms. The van der Waals surface area contributed by atoms with Gasteiger partial charge in [-0.3, -0.25) is 4.79 Å². The molecule has 1 fully saturated rings. The zero-order chi connectivity index (χ0) is 15.5. The molecule has 0 bridgehead atoms. The van der Waals surface area contributed by atoms with Crippen molar-refractivity contribution in [2.45, 2.75) is 31.7 Å². The number of nitrogens with zero attached hydrogens (tertiary/aromatic N) is 3. The lowest BCUT2D eigenvalue weighted by Crippen LogP contribution is -2.45. The van der Waals surface area contributed by atoms with E-state index >= 15 is 0 Å². The average Bonchev–Trinajstić information content (AvgIpc) is 2.83. The van der Waals surface area contributed by atoms with E-state index in [0.717, 1.165) is 25.5 Å². The summed E-state index contributed by atoms with van der Waals surface area (Å²) < 4.78 is 29.1. The number of hydrogen-bond donors (Lipinski definition) is 2. The number of carbonyl (C=O) groups excluding carboxylic acids is 1.